The minimum atomic E-state index is -0.854. The highest BCUT2D eigenvalue weighted by Gasteiger charge is 2.41. The first-order chi connectivity index (χ1) is 9.08. The zero-order chi connectivity index (χ0) is 13.5. The van der Waals surface area contributed by atoms with Gasteiger partial charge in [-0.2, -0.15) is 0 Å². The Morgan fingerprint density at radius 1 is 1.42 bits per heavy atom. The third kappa shape index (κ3) is 2.16. The molecule has 2 aliphatic rings. The number of carbonyl (C=O) groups excluding carboxylic acids is 1. The van der Waals surface area contributed by atoms with E-state index in [1.807, 2.05) is 0 Å². The van der Waals surface area contributed by atoms with E-state index in [1.165, 1.54) is 0 Å². The van der Waals surface area contributed by atoms with Crippen LogP contribution in [0.3, 0.4) is 0 Å². The normalized spacial score (nSPS) is 19.3. The predicted octanol–water partition coefficient (Wildman–Crippen LogP) is 2.04. The first kappa shape index (κ1) is 12.0. The van der Waals surface area contributed by atoms with Gasteiger partial charge in [0.1, 0.15) is 17.1 Å². The van der Waals surface area contributed by atoms with Crippen molar-refractivity contribution in [3.8, 4) is 11.5 Å². The van der Waals surface area contributed by atoms with Crippen molar-refractivity contribution in [3.05, 3.63) is 23.8 Å². The first-order valence-corrected chi connectivity index (χ1v) is 6.29. The highest BCUT2D eigenvalue weighted by atomic mass is 16.5. The molecule has 1 saturated carbocycles. The first-order valence-electron chi connectivity index (χ1n) is 6.29. The Morgan fingerprint density at radius 2 is 2.21 bits per heavy atom. The second-order valence-corrected chi connectivity index (χ2v) is 5.08. The van der Waals surface area contributed by atoms with Gasteiger partial charge < -0.3 is 14.6 Å². The number of Topliss-reactive ketones (excluding diaryl/α,β-unsaturated/α-hetero) is 1. The van der Waals surface area contributed by atoms with Gasteiger partial charge in [-0.25, -0.2) is 0 Å². The summed E-state index contributed by atoms with van der Waals surface area (Å²) in [5.41, 5.74) is -0.0314. The molecule has 1 fully saturated rings. The molecule has 1 aliphatic heterocycles. The quantitative estimate of drug-likeness (QED) is 0.898. The zero-order valence-electron chi connectivity index (χ0n) is 10.3. The van der Waals surface area contributed by atoms with Crippen molar-refractivity contribution in [3.63, 3.8) is 0 Å². The number of hydrogen-bond donors (Lipinski definition) is 1. The Bertz CT molecular complexity index is 545. The van der Waals surface area contributed by atoms with Crippen molar-refractivity contribution in [2.75, 3.05) is 6.61 Å². The van der Waals surface area contributed by atoms with Gasteiger partial charge in [0.25, 0.3) is 0 Å². The van der Waals surface area contributed by atoms with E-state index >= 15 is 0 Å². The Morgan fingerprint density at radius 3 is 2.84 bits per heavy atom. The van der Waals surface area contributed by atoms with Crippen molar-refractivity contribution in [1.29, 1.82) is 0 Å². The maximum absolute atomic E-state index is 11.4. The lowest BCUT2D eigenvalue weighted by Crippen LogP contribution is -2.45. The Kier molecular flexibility index (Phi) is 2.69. The SMILES string of the molecule is O=C(O)CC1(Oc2ccc3c(c2)OCC3=O)CCC1. The predicted molar refractivity (Wildman–Crippen MR) is 65.7 cm³/mol. The fraction of sp³-hybridized carbons (Fsp3) is 0.429. The third-order valence-corrected chi connectivity index (χ3v) is 3.68. The van der Waals surface area contributed by atoms with Gasteiger partial charge in [-0.3, -0.25) is 9.59 Å². The maximum atomic E-state index is 11.4. The average molecular weight is 262 g/mol. The van der Waals surface area contributed by atoms with Crippen LogP contribution in [0.5, 0.6) is 11.5 Å². The number of carboxylic acid groups (broad SMARTS) is 1. The summed E-state index contributed by atoms with van der Waals surface area (Å²) in [6.45, 7) is 0.0685. The molecule has 5 heteroatoms. The lowest BCUT2D eigenvalue weighted by atomic mass is 9.77. The van der Waals surface area contributed by atoms with Crippen molar-refractivity contribution >= 4 is 11.8 Å². The number of hydrogen-bond acceptors (Lipinski definition) is 4. The number of benzene rings is 1. The summed E-state index contributed by atoms with van der Waals surface area (Å²) in [6, 6.07) is 5.04. The van der Waals surface area contributed by atoms with Gasteiger partial charge in [0.2, 0.25) is 5.78 Å². The molecular formula is C14H14O5. The van der Waals surface area contributed by atoms with Crippen LogP contribution in [-0.4, -0.2) is 29.1 Å². The highest BCUT2D eigenvalue weighted by molar-refractivity contribution is 6.02. The van der Waals surface area contributed by atoms with E-state index in [0.717, 1.165) is 19.3 Å². The van der Waals surface area contributed by atoms with Crippen LogP contribution in [0.15, 0.2) is 18.2 Å². The summed E-state index contributed by atoms with van der Waals surface area (Å²) in [7, 11) is 0. The molecule has 19 heavy (non-hydrogen) atoms. The second-order valence-electron chi connectivity index (χ2n) is 5.08. The zero-order valence-corrected chi connectivity index (χ0v) is 10.3. The summed E-state index contributed by atoms with van der Waals surface area (Å²) in [5.74, 6) is 0.194. The van der Waals surface area contributed by atoms with E-state index in [4.69, 9.17) is 14.6 Å². The van der Waals surface area contributed by atoms with Crippen LogP contribution in [0.2, 0.25) is 0 Å². The molecule has 1 aromatic rings. The molecule has 0 saturated heterocycles. The average Bonchev–Trinajstić information content (AvgIpc) is 2.67. The number of ketones is 1. The van der Waals surface area contributed by atoms with Gasteiger partial charge in [0.15, 0.2) is 6.61 Å². The van der Waals surface area contributed by atoms with Gasteiger partial charge >= 0.3 is 5.97 Å². The monoisotopic (exact) mass is 262 g/mol. The Labute approximate surface area is 110 Å². The maximum Gasteiger partial charge on any atom is 0.307 e. The van der Waals surface area contributed by atoms with E-state index in [1.54, 1.807) is 18.2 Å². The number of carboxylic acids is 1. The number of aliphatic carboxylic acids is 1. The van der Waals surface area contributed by atoms with E-state index in [0.29, 0.717) is 17.1 Å². The fourth-order valence-corrected chi connectivity index (χ4v) is 2.55. The minimum Gasteiger partial charge on any atom is -0.487 e. The van der Waals surface area contributed by atoms with Gasteiger partial charge in [0.05, 0.1) is 12.0 Å². The lowest BCUT2D eigenvalue weighted by molar-refractivity contribution is -0.144. The molecule has 1 heterocycles. The molecule has 3 rings (SSSR count). The van der Waals surface area contributed by atoms with Gasteiger partial charge in [-0.1, -0.05) is 0 Å². The lowest BCUT2D eigenvalue weighted by Gasteiger charge is -2.40. The van der Waals surface area contributed by atoms with Crippen molar-refractivity contribution < 1.29 is 24.2 Å². The van der Waals surface area contributed by atoms with Crippen molar-refractivity contribution in [1.82, 2.24) is 0 Å². The van der Waals surface area contributed by atoms with Crippen LogP contribution in [-0.2, 0) is 4.79 Å². The number of rotatable bonds is 4. The fourth-order valence-electron chi connectivity index (χ4n) is 2.55. The molecule has 1 aliphatic carbocycles. The molecule has 0 amide bonds. The molecule has 100 valence electrons. The second kappa shape index (κ2) is 4.26. The van der Waals surface area contributed by atoms with Crippen LogP contribution in [0.4, 0.5) is 0 Å². The third-order valence-electron chi connectivity index (χ3n) is 3.68. The molecule has 0 radical (unpaired) electrons. The Balaban J connectivity index is 1.80. The van der Waals surface area contributed by atoms with Crippen LogP contribution in [0.25, 0.3) is 0 Å². The standard InChI is InChI=1S/C14H14O5/c15-11-8-18-12-6-9(2-3-10(11)12)19-14(4-1-5-14)7-13(16)17/h2-3,6H,1,4-5,7-8H2,(H,16,17). The van der Waals surface area contributed by atoms with Gasteiger partial charge in [-0.05, 0) is 31.4 Å². The van der Waals surface area contributed by atoms with Gasteiger partial charge in [-0.15, -0.1) is 0 Å². The van der Waals surface area contributed by atoms with E-state index in [2.05, 4.69) is 0 Å². The summed E-state index contributed by atoms with van der Waals surface area (Å²) < 4.78 is 11.1. The highest BCUT2D eigenvalue weighted by Crippen LogP contribution is 2.41. The van der Waals surface area contributed by atoms with Crippen LogP contribution in [0, 0.1) is 0 Å². The van der Waals surface area contributed by atoms with Crippen LogP contribution in [0.1, 0.15) is 36.0 Å². The van der Waals surface area contributed by atoms with Crippen molar-refractivity contribution in [2.45, 2.75) is 31.3 Å². The summed E-state index contributed by atoms with van der Waals surface area (Å²) in [4.78, 5) is 22.3. The molecular weight excluding hydrogens is 248 g/mol. The largest absolute Gasteiger partial charge is 0.487 e. The molecule has 0 unspecified atom stereocenters. The molecule has 5 nitrogen and oxygen atoms in total. The number of fused-ring (bicyclic) bond motifs is 1. The molecule has 1 N–H and O–H groups in total. The van der Waals surface area contributed by atoms with E-state index in [-0.39, 0.29) is 18.8 Å². The smallest absolute Gasteiger partial charge is 0.307 e. The van der Waals surface area contributed by atoms with E-state index in [9.17, 15) is 9.59 Å². The molecule has 0 aromatic heterocycles. The molecule has 1 aromatic carbocycles. The number of carbonyl (C=O) groups is 2. The summed E-state index contributed by atoms with van der Waals surface area (Å²) >= 11 is 0. The van der Waals surface area contributed by atoms with Crippen molar-refractivity contribution in [2.24, 2.45) is 0 Å². The topological polar surface area (TPSA) is 72.8 Å². The molecule has 0 spiro atoms. The minimum absolute atomic E-state index is 0.00384. The summed E-state index contributed by atoms with van der Waals surface area (Å²) in [6.07, 6.45) is 2.48. The summed E-state index contributed by atoms with van der Waals surface area (Å²) in [5, 5.41) is 8.93. The van der Waals surface area contributed by atoms with E-state index < -0.39 is 11.6 Å². The molecule has 0 atom stereocenters. The Hall–Kier alpha value is -2.04. The van der Waals surface area contributed by atoms with Gasteiger partial charge in [0, 0.05) is 6.07 Å². The number of ether oxygens (including phenoxy) is 2. The van der Waals surface area contributed by atoms with Crippen LogP contribution >= 0.6 is 0 Å². The van der Waals surface area contributed by atoms with Crippen LogP contribution < -0.4 is 9.47 Å². The molecule has 0 bridgehead atoms.